The molecule has 0 amide bonds. The van der Waals surface area contributed by atoms with Crippen LogP contribution in [0.4, 0.5) is 4.39 Å². The second-order valence-electron chi connectivity index (χ2n) is 6.07. The van der Waals surface area contributed by atoms with Gasteiger partial charge in [-0.25, -0.2) is 4.39 Å². The lowest BCUT2D eigenvalue weighted by atomic mass is 10.0. The average molecular weight is 310 g/mol. The van der Waals surface area contributed by atoms with Gasteiger partial charge in [-0.15, -0.1) is 0 Å². The summed E-state index contributed by atoms with van der Waals surface area (Å²) in [5.74, 6) is 0.643. The maximum Gasteiger partial charge on any atom is 0.160 e. The number of unbranched alkanes of at least 4 members (excludes halogenated alkanes) is 1. The Balaban J connectivity index is 2.17. The average Bonchev–Trinajstić information content (AvgIpc) is 2.45. The molecule has 0 N–H and O–H groups in total. The fraction of sp³-hybridized carbons (Fsp3) is 0.611. The van der Waals surface area contributed by atoms with E-state index in [0.29, 0.717) is 24.5 Å². The molecular weight excluding hydrogens is 283 g/mol. The summed E-state index contributed by atoms with van der Waals surface area (Å²) in [6, 6.07) is 5.01. The highest BCUT2D eigenvalue weighted by Crippen LogP contribution is 2.22. The maximum atomic E-state index is 13.8. The van der Waals surface area contributed by atoms with Gasteiger partial charge in [0.2, 0.25) is 0 Å². The molecule has 0 unspecified atom stereocenters. The number of hydrogen-bond acceptors (Lipinski definition) is 3. The molecule has 0 radical (unpaired) electrons. The van der Waals surface area contributed by atoms with E-state index < -0.39 is 0 Å². The van der Waals surface area contributed by atoms with Crippen molar-refractivity contribution in [2.75, 3.05) is 19.8 Å². The summed E-state index contributed by atoms with van der Waals surface area (Å²) in [4.78, 5) is 11.3. The first-order chi connectivity index (χ1) is 10.4. The Hall–Kier alpha value is -1.42. The van der Waals surface area contributed by atoms with E-state index in [9.17, 15) is 9.18 Å². The van der Waals surface area contributed by atoms with Crippen LogP contribution in [0.2, 0.25) is 0 Å². The third-order valence-corrected chi connectivity index (χ3v) is 3.43. The first-order valence-electron chi connectivity index (χ1n) is 7.94. The molecule has 124 valence electrons. The van der Waals surface area contributed by atoms with Crippen molar-refractivity contribution in [1.82, 2.24) is 0 Å². The van der Waals surface area contributed by atoms with Crippen molar-refractivity contribution >= 4 is 5.78 Å². The number of ether oxygens (including phenoxy) is 2. The van der Waals surface area contributed by atoms with E-state index >= 15 is 0 Å². The minimum Gasteiger partial charge on any atom is -0.493 e. The van der Waals surface area contributed by atoms with Gasteiger partial charge in [0.05, 0.1) is 6.61 Å². The van der Waals surface area contributed by atoms with E-state index in [1.165, 1.54) is 6.07 Å². The molecule has 0 aliphatic heterocycles. The lowest BCUT2D eigenvalue weighted by Crippen LogP contribution is -2.15. The van der Waals surface area contributed by atoms with Crippen molar-refractivity contribution in [1.29, 1.82) is 0 Å². The molecule has 0 saturated heterocycles. The third-order valence-electron chi connectivity index (χ3n) is 3.43. The minimum atomic E-state index is -0.219. The number of carbonyl (C=O) groups excluding carboxylic acids is 1. The standard InChI is InChI=1S/C18H27FO3/c1-13(2)16-8-7-15(11-17(16)19)22-10-6-5-9-21-12-18(20)14(3)4/h7-8,11,13-14H,5-6,9-10,12H2,1-4H3. The van der Waals surface area contributed by atoms with E-state index in [1.807, 2.05) is 27.7 Å². The van der Waals surface area contributed by atoms with Crippen molar-refractivity contribution < 1.29 is 18.7 Å². The van der Waals surface area contributed by atoms with Crippen LogP contribution < -0.4 is 4.74 Å². The Morgan fingerprint density at radius 1 is 1.14 bits per heavy atom. The van der Waals surface area contributed by atoms with Crippen LogP contribution >= 0.6 is 0 Å². The molecule has 3 nitrogen and oxygen atoms in total. The van der Waals surface area contributed by atoms with E-state index in [1.54, 1.807) is 12.1 Å². The van der Waals surface area contributed by atoms with Gasteiger partial charge in [0, 0.05) is 18.6 Å². The zero-order valence-electron chi connectivity index (χ0n) is 14.0. The topological polar surface area (TPSA) is 35.5 Å². The highest BCUT2D eigenvalue weighted by atomic mass is 19.1. The third kappa shape index (κ3) is 6.56. The number of halogens is 1. The van der Waals surface area contributed by atoms with Gasteiger partial charge in [-0.1, -0.05) is 33.8 Å². The van der Waals surface area contributed by atoms with Crippen LogP contribution in [0.25, 0.3) is 0 Å². The maximum absolute atomic E-state index is 13.8. The Bertz CT molecular complexity index is 469. The van der Waals surface area contributed by atoms with Gasteiger partial charge in [-0.05, 0) is 30.4 Å². The van der Waals surface area contributed by atoms with Crippen molar-refractivity contribution in [3.8, 4) is 5.75 Å². The minimum absolute atomic E-state index is 0.0204. The Morgan fingerprint density at radius 3 is 2.41 bits per heavy atom. The molecule has 0 aliphatic carbocycles. The molecule has 4 heteroatoms. The van der Waals surface area contributed by atoms with E-state index in [2.05, 4.69) is 0 Å². The Labute approximate surface area is 132 Å². The van der Waals surface area contributed by atoms with Gasteiger partial charge in [0.1, 0.15) is 18.2 Å². The van der Waals surface area contributed by atoms with Crippen LogP contribution in [0.1, 0.15) is 52.0 Å². The lowest BCUT2D eigenvalue weighted by molar-refractivity contribution is -0.126. The van der Waals surface area contributed by atoms with Gasteiger partial charge >= 0.3 is 0 Å². The molecule has 1 aromatic rings. The summed E-state index contributed by atoms with van der Waals surface area (Å²) in [6.45, 7) is 8.89. The molecule has 0 aliphatic rings. The smallest absolute Gasteiger partial charge is 0.160 e. The number of ketones is 1. The number of hydrogen-bond donors (Lipinski definition) is 0. The SMILES string of the molecule is CC(C)C(=O)COCCCCOc1ccc(C(C)C)c(F)c1. The molecule has 0 saturated carbocycles. The fourth-order valence-corrected chi connectivity index (χ4v) is 1.90. The van der Waals surface area contributed by atoms with Crippen LogP contribution in [-0.2, 0) is 9.53 Å². The summed E-state index contributed by atoms with van der Waals surface area (Å²) in [5, 5.41) is 0. The Kier molecular flexibility index (Phi) is 8.10. The summed E-state index contributed by atoms with van der Waals surface area (Å²) in [7, 11) is 0. The molecule has 1 aromatic carbocycles. The highest BCUT2D eigenvalue weighted by molar-refractivity contribution is 5.81. The molecule has 0 atom stereocenters. The fourth-order valence-electron chi connectivity index (χ4n) is 1.90. The zero-order chi connectivity index (χ0) is 16.5. The molecule has 0 spiro atoms. The van der Waals surface area contributed by atoms with Crippen molar-refractivity contribution in [2.24, 2.45) is 5.92 Å². The van der Waals surface area contributed by atoms with Gasteiger partial charge in [-0.3, -0.25) is 4.79 Å². The second kappa shape index (κ2) is 9.57. The predicted molar refractivity (Wildman–Crippen MR) is 85.9 cm³/mol. The normalized spacial score (nSPS) is 11.2. The first kappa shape index (κ1) is 18.6. The first-order valence-corrected chi connectivity index (χ1v) is 7.94. The quantitative estimate of drug-likeness (QED) is 0.603. The predicted octanol–water partition coefficient (Wildman–Crippen LogP) is 4.35. The van der Waals surface area contributed by atoms with Gasteiger partial charge in [-0.2, -0.15) is 0 Å². The molecular formula is C18H27FO3. The molecule has 0 aromatic heterocycles. The number of benzene rings is 1. The van der Waals surface area contributed by atoms with Crippen molar-refractivity contribution in [3.63, 3.8) is 0 Å². The van der Waals surface area contributed by atoms with Crippen LogP contribution in [-0.4, -0.2) is 25.6 Å². The summed E-state index contributed by atoms with van der Waals surface area (Å²) in [6.07, 6.45) is 1.63. The van der Waals surface area contributed by atoms with E-state index in [0.717, 1.165) is 12.8 Å². The summed E-state index contributed by atoms with van der Waals surface area (Å²) in [5.41, 5.74) is 0.704. The monoisotopic (exact) mass is 310 g/mol. The van der Waals surface area contributed by atoms with E-state index in [4.69, 9.17) is 9.47 Å². The van der Waals surface area contributed by atoms with Gasteiger partial charge in [0.15, 0.2) is 5.78 Å². The summed E-state index contributed by atoms with van der Waals surface area (Å²) < 4.78 is 24.6. The van der Waals surface area contributed by atoms with E-state index in [-0.39, 0.29) is 30.0 Å². The molecule has 1 rings (SSSR count). The van der Waals surface area contributed by atoms with Crippen molar-refractivity contribution in [2.45, 2.75) is 46.5 Å². The van der Waals surface area contributed by atoms with Gasteiger partial charge in [0.25, 0.3) is 0 Å². The van der Waals surface area contributed by atoms with Crippen molar-refractivity contribution in [3.05, 3.63) is 29.6 Å². The van der Waals surface area contributed by atoms with Crippen LogP contribution in [0.5, 0.6) is 5.75 Å². The molecule has 22 heavy (non-hydrogen) atoms. The van der Waals surface area contributed by atoms with Gasteiger partial charge < -0.3 is 9.47 Å². The number of rotatable bonds is 10. The number of carbonyl (C=O) groups is 1. The summed E-state index contributed by atoms with van der Waals surface area (Å²) >= 11 is 0. The largest absolute Gasteiger partial charge is 0.493 e. The molecule has 0 fully saturated rings. The molecule has 0 heterocycles. The number of Topliss-reactive ketones (excluding diaryl/α,β-unsaturated/α-hetero) is 1. The Morgan fingerprint density at radius 2 is 1.82 bits per heavy atom. The second-order valence-corrected chi connectivity index (χ2v) is 6.07. The molecule has 0 bridgehead atoms. The zero-order valence-corrected chi connectivity index (χ0v) is 14.0. The van der Waals surface area contributed by atoms with Crippen LogP contribution in [0.3, 0.4) is 0 Å². The lowest BCUT2D eigenvalue weighted by Gasteiger charge is -2.10. The van der Waals surface area contributed by atoms with Crippen LogP contribution in [0, 0.1) is 11.7 Å². The highest BCUT2D eigenvalue weighted by Gasteiger charge is 2.08. The van der Waals surface area contributed by atoms with Crippen LogP contribution in [0.15, 0.2) is 18.2 Å².